The summed E-state index contributed by atoms with van der Waals surface area (Å²) >= 11 is 0. The minimum Gasteiger partial charge on any atom is -0.481 e. The molecule has 1 saturated carbocycles. The van der Waals surface area contributed by atoms with Gasteiger partial charge in [-0.05, 0) is 42.5 Å². The highest BCUT2D eigenvalue weighted by Crippen LogP contribution is 2.49. The number of rotatable bonds is 7. The molecule has 9 nitrogen and oxygen atoms in total. The van der Waals surface area contributed by atoms with Gasteiger partial charge in [0.05, 0.1) is 29.0 Å². The summed E-state index contributed by atoms with van der Waals surface area (Å²) in [6.45, 7) is 1.80. The average Bonchev–Trinajstić information content (AvgIpc) is 3.38. The van der Waals surface area contributed by atoms with Crippen LogP contribution in [0.1, 0.15) is 37.0 Å². The van der Waals surface area contributed by atoms with Gasteiger partial charge in [0.1, 0.15) is 17.3 Å². The maximum atomic E-state index is 12.6. The third-order valence-corrected chi connectivity index (χ3v) is 7.09. The lowest BCUT2D eigenvalue weighted by Crippen LogP contribution is -2.19. The summed E-state index contributed by atoms with van der Waals surface area (Å²) in [6, 6.07) is 20.9. The van der Waals surface area contributed by atoms with Gasteiger partial charge in [0.15, 0.2) is 5.76 Å². The number of ether oxygens (including phenoxy) is 1. The molecule has 1 unspecified atom stereocenters. The van der Waals surface area contributed by atoms with Crippen LogP contribution in [0.4, 0.5) is 10.5 Å². The van der Waals surface area contributed by atoms with Gasteiger partial charge in [0, 0.05) is 5.56 Å². The number of carbonyl (C=O) groups is 2. The third-order valence-electron chi connectivity index (χ3n) is 7.09. The Hall–Kier alpha value is -4.92. The Labute approximate surface area is 217 Å². The van der Waals surface area contributed by atoms with Crippen LogP contribution in [0.5, 0.6) is 0 Å². The number of imidazole rings is 1. The van der Waals surface area contributed by atoms with Crippen LogP contribution in [-0.4, -0.2) is 32.3 Å². The number of carboxylic acid groups (broad SMARTS) is 1. The van der Waals surface area contributed by atoms with E-state index in [4.69, 9.17) is 9.26 Å². The van der Waals surface area contributed by atoms with Crippen molar-refractivity contribution in [1.29, 1.82) is 0 Å². The Kier molecular flexibility index (Phi) is 5.68. The molecule has 0 bridgehead atoms. The number of hydrogen-bond acceptors (Lipinski definition) is 6. The maximum absolute atomic E-state index is 12.6. The molecule has 3 N–H and O–H groups in total. The fourth-order valence-corrected chi connectivity index (χ4v) is 4.79. The van der Waals surface area contributed by atoms with Crippen molar-refractivity contribution >= 4 is 28.8 Å². The first-order chi connectivity index (χ1) is 18.5. The molecule has 0 spiro atoms. The second-order valence-corrected chi connectivity index (χ2v) is 9.40. The van der Waals surface area contributed by atoms with Crippen LogP contribution in [0, 0.1) is 0 Å². The van der Waals surface area contributed by atoms with E-state index in [1.165, 1.54) is 6.20 Å². The van der Waals surface area contributed by atoms with Crippen molar-refractivity contribution in [3.8, 4) is 22.5 Å². The number of nitrogens with zero attached hydrogens (tertiary/aromatic N) is 2. The lowest BCUT2D eigenvalue weighted by atomic mass is 9.93. The van der Waals surface area contributed by atoms with Gasteiger partial charge in [-0.1, -0.05) is 65.8 Å². The predicted molar refractivity (Wildman–Crippen MR) is 141 cm³/mol. The number of aliphatic carboxylic acids is 1. The second-order valence-electron chi connectivity index (χ2n) is 9.40. The van der Waals surface area contributed by atoms with Crippen molar-refractivity contribution in [2.75, 3.05) is 5.32 Å². The standard InChI is InChI=1S/C29H24N4O5/c1-17(18-5-3-2-4-6-18)37-28(36)33-23-15-32-38-26(23)22-12-11-21(24-25(22)31-16-30-24)19-7-9-20(10-8-19)29(13-14-29)27(34)35/h2-12,15-17H,13-14H2,1H3,(H,30,31)(H,33,36)(H,34,35). The van der Waals surface area contributed by atoms with Crippen LogP contribution >= 0.6 is 0 Å². The molecule has 38 heavy (non-hydrogen) atoms. The molecule has 1 aliphatic carbocycles. The molecule has 1 amide bonds. The van der Waals surface area contributed by atoms with E-state index in [-0.39, 0.29) is 0 Å². The van der Waals surface area contributed by atoms with E-state index in [9.17, 15) is 14.7 Å². The molecule has 0 saturated heterocycles. The molecule has 1 fully saturated rings. The van der Waals surface area contributed by atoms with Crippen molar-refractivity contribution in [2.24, 2.45) is 0 Å². The van der Waals surface area contributed by atoms with E-state index in [0.29, 0.717) is 35.4 Å². The summed E-state index contributed by atoms with van der Waals surface area (Å²) in [5, 5.41) is 16.2. The third kappa shape index (κ3) is 4.07. The fourth-order valence-electron chi connectivity index (χ4n) is 4.79. The largest absolute Gasteiger partial charge is 0.481 e. The molecule has 5 aromatic rings. The van der Waals surface area contributed by atoms with Crippen molar-refractivity contribution in [2.45, 2.75) is 31.3 Å². The van der Waals surface area contributed by atoms with Gasteiger partial charge in [-0.2, -0.15) is 0 Å². The van der Waals surface area contributed by atoms with E-state index in [2.05, 4.69) is 20.4 Å². The van der Waals surface area contributed by atoms with Gasteiger partial charge in [0.25, 0.3) is 0 Å². The first kappa shape index (κ1) is 23.5. The summed E-state index contributed by atoms with van der Waals surface area (Å²) in [5.41, 5.74) is 5.19. The highest BCUT2D eigenvalue weighted by Gasteiger charge is 2.51. The van der Waals surface area contributed by atoms with Crippen LogP contribution in [-0.2, 0) is 14.9 Å². The highest BCUT2D eigenvalue weighted by atomic mass is 16.6. The number of aromatic amines is 1. The zero-order chi connectivity index (χ0) is 26.3. The summed E-state index contributed by atoms with van der Waals surface area (Å²) in [5.74, 6) is -0.425. The Morgan fingerprint density at radius 1 is 1.05 bits per heavy atom. The Morgan fingerprint density at radius 3 is 2.50 bits per heavy atom. The number of amides is 1. The number of fused-ring (bicyclic) bond motifs is 1. The highest BCUT2D eigenvalue weighted by molar-refractivity contribution is 6.02. The second kappa shape index (κ2) is 9.19. The monoisotopic (exact) mass is 508 g/mol. The smallest absolute Gasteiger partial charge is 0.412 e. The van der Waals surface area contributed by atoms with Crippen molar-refractivity contribution in [1.82, 2.24) is 15.1 Å². The maximum Gasteiger partial charge on any atom is 0.412 e. The van der Waals surface area contributed by atoms with Gasteiger partial charge in [-0.25, -0.2) is 9.78 Å². The summed E-state index contributed by atoms with van der Waals surface area (Å²) in [4.78, 5) is 32.0. The molecule has 0 aliphatic heterocycles. The summed E-state index contributed by atoms with van der Waals surface area (Å²) < 4.78 is 11.0. The van der Waals surface area contributed by atoms with E-state index in [1.54, 1.807) is 13.3 Å². The first-order valence-electron chi connectivity index (χ1n) is 12.2. The van der Waals surface area contributed by atoms with Crippen LogP contribution in [0.3, 0.4) is 0 Å². The zero-order valence-electron chi connectivity index (χ0n) is 20.5. The van der Waals surface area contributed by atoms with Crippen LogP contribution < -0.4 is 5.32 Å². The molecule has 0 radical (unpaired) electrons. The van der Waals surface area contributed by atoms with Crippen molar-refractivity contribution in [3.63, 3.8) is 0 Å². The predicted octanol–water partition coefficient (Wildman–Crippen LogP) is 6.31. The first-order valence-corrected chi connectivity index (χ1v) is 12.2. The average molecular weight is 509 g/mol. The van der Waals surface area contributed by atoms with E-state index >= 15 is 0 Å². The Balaban J connectivity index is 1.26. The molecule has 2 aromatic heterocycles. The SMILES string of the molecule is CC(OC(=O)Nc1cnoc1-c1ccc(-c2ccc(C3(C(=O)O)CC3)cc2)c2[nH]cnc12)c1ccccc1. The molecule has 3 aromatic carbocycles. The van der Waals surface area contributed by atoms with Gasteiger partial charge in [-0.15, -0.1) is 0 Å². The normalized spacial score (nSPS) is 14.7. The molecule has 2 heterocycles. The van der Waals surface area contributed by atoms with Gasteiger partial charge >= 0.3 is 12.1 Å². The van der Waals surface area contributed by atoms with Gasteiger partial charge in [-0.3, -0.25) is 10.1 Å². The number of nitrogens with one attached hydrogen (secondary N) is 2. The number of benzene rings is 3. The Bertz CT molecular complexity index is 1630. The number of aromatic nitrogens is 3. The number of carboxylic acids is 1. The van der Waals surface area contributed by atoms with Crippen LogP contribution in [0.25, 0.3) is 33.5 Å². The van der Waals surface area contributed by atoms with Gasteiger partial charge < -0.3 is 19.4 Å². The lowest BCUT2D eigenvalue weighted by Gasteiger charge is -2.14. The molecule has 6 rings (SSSR count). The van der Waals surface area contributed by atoms with Gasteiger partial charge in [0.2, 0.25) is 0 Å². The summed E-state index contributed by atoms with van der Waals surface area (Å²) in [7, 11) is 0. The lowest BCUT2D eigenvalue weighted by molar-refractivity contribution is -0.140. The molecule has 9 heteroatoms. The quantitative estimate of drug-likeness (QED) is 0.235. The minimum atomic E-state index is -0.777. The number of carbonyl (C=O) groups excluding carboxylic acids is 1. The number of H-pyrrole nitrogens is 1. The number of hydrogen-bond donors (Lipinski definition) is 3. The summed E-state index contributed by atoms with van der Waals surface area (Å²) in [6.07, 6.45) is 3.27. The van der Waals surface area contributed by atoms with E-state index < -0.39 is 23.6 Å². The fraction of sp³-hybridized carbons (Fsp3) is 0.172. The molecule has 190 valence electrons. The topological polar surface area (TPSA) is 130 Å². The van der Waals surface area contributed by atoms with Crippen LogP contribution in [0.2, 0.25) is 0 Å². The van der Waals surface area contributed by atoms with E-state index in [0.717, 1.165) is 27.8 Å². The van der Waals surface area contributed by atoms with Crippen molar-refractivity contribution < 1.29 is 24.0 Å². The molecular formula is C29H24N4O5. The zero-order valence-corrected chi connectivity index (χ0v) is 20.5. The van der Waals surface area contributed by atoms with Crippen molar-refractivity contribution in [3.05, 3.63) is 90.4 Å². The van der Waals surface area contributed by atoms with E-state index in [1.807, 2.05) is 66.7 Å². The Morgan fingerprint density at radius 2 is 1.79 bits per heavy atom. The molecular weight excluding hydrogens is 484 g/mol. The number of anilines is 1. The molecule has 1 aliphatic rings. The van der Waals surface area contributed by atoms with Crippen LogP contribution in [0.15, 0.2) is 83.8 Å². The minimum absolute atomic E-state index is 0.352. The molecule has 1 atom stereocenters.